The Morgan fingerprint density at radius 2 is 1.62 bits per heavy atom. The van der Waals surface area contributed by atoms with Crippen LogP contribution in [0.1, 0.15) is 6.42 Å². The van der Waals surface area contributed by atoms with Crippen molar-refractivity contribution in [1.82, 2.24) is 0 Å². The molecule has 0 amide bonds. The van der Waals surface area contributed by atoms with E-state index in [-0.39, 0.29) is 37.7 Å². The van der Waals surface area contributed by atoms with Crippen molar-refractivity contribution in [2.45, 2.75) is 11.7 Å². The van der Waals surface area contributed by atoms with Gasteiger partial charge in [0.2, 0.25) is 0 Å². The van der Waals surface area contributed by atoms with Crippen LogP contribution < -0.4 is 0 Å². The molecule has 3 N–H and O–H groups in total. The van der Waals surface area contributed by atoms with Crippen LogP contribution in [0.4, 0.5) is 0 Å². The summed E-state index contributed by atoms with van der Waals surface area (Å²) in [6.45, 7) is 0. The predicted molar refractivity (Wildman–Crippen MR) is 43.8 cm³/mol. The van der Waals surface area contributed by atoms with Crippen LogP contribution >= 0.6 is 0 Å². The van der Waals surface area contributed by atoms with E-state index in [9.17, 15) is 18.0 Å². The van der Waals surface area contributed by atoms with Crippen LogP contribution in [0.3, 0.4) is 0 Å². The van der Waals surface area contributed by atoms with Gasteiger partial charge in [-0.1, -0.05) is 0 Å². The number of carboxylic acid groups (broad SMARTS) is 2. The Morgan fingerprint density at radius 1 is 1.23 bits per heavy atom. The molecular formula is C4H8CaO7S. The Hall–Kier alpha value is 0.110. The molecule has 9 heteroatoms. The molecule has 0 aromatic rings. The SMILES string of the molecule is O=C(O)CC(C(=O)O)S(=O)(=O)O.[CaH2]. The molecule has 0 bridgehead atoms. The Labute approximate surface area is 103 Å². The average Bonchev–Trinajstić information content (AvgIpc) is 1.79. The van der Waals surface area contributed by atoms with E-state index in [2.05, 4.69) is 0 Å². The predicted octanol–water partition coefficient (Wildman–Crippen LogP) is -2.11. The fourth-order valence-electron chi connectivity index (χ4n) is 0.479. The molecule has 0 aromatic heterocycles. The molecule has 0 radical (unpaired) electrons. The molecule has 0 fully saturated rings. The fraction of sp³-hybridized carbons (Fsp3) is 0.500. The van der Waals surface area contributed by atoms with E-state index in [1.807, 2.05) is 0 Å². The molecule has 0 rings (SSSR count). The number of carbonyl (C=O) groups is 2. The van der Waals surface area contributed by atoms with Crippen molar-refractivity contribution in [1.29, 1.82) is 0 Å². The monoisotopic (exact) mass is 240 g/mol. The first-order valence-corrected chi connectivity index (χ1v) is 4.16. The van der Waals surface area contributed by atoms with Crippen molar-refractivity contribution >= 4 is 59.8 Å². The first-order chi connectivity index (χ1) is 5.25. The molecule has 0 aromatic carbocycles. The Balaban J connectivity index is 0. The first-order valence-electron chi connectivity index (χ1n) is 2.66. The third kappa shape index (κ3) is 6.22. The van der Waals surface area contributed by atoms with Gasteiger partial charge in [-0.3, -0.25) is 14.1 Å². The summed E-state index contributed by atoms with van der Waals surface area (Å²) in [6.07, 6.45) is -1.16. The molecular weight excluding hydrogens is 232 g/mol. The number of hydrogen-bond acceptors (Lipinski definition) is 4. The van der Waals surface area contributed by atoms with E-state index in [4.69, 9.17) is 14.8 Å². The van der Waals surface area contributed by atoms with E-state index >= 15 is 0 Å². The molecule has 0 aliphatic heterocycles. The summed E-state index contributed by atoms with van der Waals surface area (Å²) >= 11 is 0. The van der Waals surface area contributed by atoms with Crippen molar-refractivity contribution in [3.63, 3.8) is 0 Å². The summed E-state index contributed by atoms with van der Waals surface area (Å²) in [5.74, 6) is -3.50. The van der Waals surface area contributed by atoms with Crippen LogP contribution in [-0.2, 0) is 19.7 Å². The van der Waals surface area contributed by atoms with Crippen LogP contribution in [-0.4, -0.2) is 78.1 Å². The molecule has 74 valence electrons. The van der Waals surface area contributed by atoms with Crippen LogP contribution in [0.2, 0.25) is 0 Å². The van der Waals surface area contributed by atoms with Crippen molar-refractivity contribution < 1.29 is 32.8 Å². The maximum atomic E-state index is 10.2. The minimum atomic E-state index is -4.84. The molecule has 13 heavy (non-hydrogen) atoms. The first kappa shape index (κ1) is 15.6. The standard InChI is InChI=1S/C4H6O7S.Ca.2H/c5-3(6)1-2(4(7)8)12(9,10)11;;;/h2H,1H2,(H,5,6)(H,7,8)(H,9,10,11);;;. The molecule has 0 aliphatic carbocycles. The molecule has 0 heterocycles. The van der Waals surface area contributed by atoms with Gasteiger partial charge in [0.15, 0.2) is 5.25 Å². The molecule has 0 spiro atoms. The molecule has 0 saturated carbocycles. The van der Waals surface area contributed by atoms with Gasteiger partial charge in [-0.2, -0.15) is 8.42 Å². The zero-order valence-corrected chi connectivity index (χ0v) is 6.48. The van der Waals surface area contributed by atoms with E-state index in [0.29, 0.717) is 0 Å². The summed E-state index contributed by atoms with van der Waals surface area (Å²) < 4.78 is 28.7. The summed E-state index contributed by atoms with van der Waals surface area (Å²) in [4.78, 5) is 20.0. The van der Waals surface area contributed by atoms with E-state index in [1.54, 1.807) is 0 Å². The van der Waals surface area contributed by atoms with Gasteiger partial charge in [0.25, 0.3) is 10.1 Å². The quantitative estimate of drug-likeness (QED) is 0.378. The summed E-state index contributed by atoms with van der Waals surface area (Å²) in [5, 5.41) is 13.9. The average molecular weight is 240 g/mol. The van der Waals surface area contributed by atoms with Gasteiger partial charge in [0.05, 0.1) is 6.42 Å². The molecule has 0 aliphatic rings. The van der Waals surface area contributed by atoms with Gasteiger partial charge in [0.1, 0.15) is 0 Å². The Kier molecular flexibility index (Phi) is 6.90. The molecule has 7 nitrogen and oxygen atoms in total. The number of carboxylic acids is 2. The molecule has 1 unspecified atom stereocenters. The maximum absolute atomic E-state index is 10.2. The van der Waals surface area contributed by atoms with Gasteiger partial charge in [-0.15, -0.1) is 0 Å². The second kappa shape index (κ2) is 5.76. The third-order valence-electron chi connectivity index (χ3n) is 0.995. The molecule has 0 saturated heterocycles. The van der Waals surface area contributed by atoms with Gasteiger partial charge >= 0.3 is 49.7 Å². The summed E-state index contributed by atoms with van der Waals surface area (Å²) in [6, 6.07) is 0. The normalized spacial score (nSPS) is 12.7. The Bertz CT molecular complexity index is 294. The fourth-order valence-corrected chi connectivity index (χ4v) is 1.09. The van der Waals surface area contributed by atoms with Crippen molar-refractivity contribution in [3.8, 4) is 0 Å². The zero-order chi connectivity index (χ0) is 9.94. The Morgan fingerprint density at radius 3 is 1.69 bits per heavy atom. The van der Waals surface area contributed by atoms with Crippen LogP contribution in [0, 0.1) is 0 Å². The topological polar surface area (TPSA) is 129 Å². The van der Waals surface area contributed by atoms with Crippen LogP contribution in [0.5, 0.6) is 0 Å². The van der Waals surface area contributed by atoms with Gasteiger partial charge < -0.3 is 10.2 Å². The van der Waals surface area contributed by atoms with Crippen molar-refractivity contribution in [2.75, 3.05) is 0 Å². The zero-order valence-electron chi connectivity index (χ0n) is 5.67. The van der Waals surface area contributed by atoms with E-state index in [0.717, 1.165) is 0 Å². The van der Waals surface area contributed by atoms with Gasteiger partial charge in [-0.05, 0) is 0 Å². The summed E-state index contributed by atoms with van der Waals surface area (Å²) in [7, 11) is -4.84. The van der Waals surface area contributed by atoms with E-state index < -0.39 is 33.7 Å². The number of hydrogen-bond donors (Lipinski definition) is 3. The van der Waals surface area contributed by atoms with Gasteiger partial charge in [-0.25, -0.2) is 0 Å². The van der Waals surface area contributed by atoms with Gasteiger partial charge in [0, 0.05) is 0 Å². The van der Waals surface area contributed by atoms with Crippen molar-refractivity contribution in [3.05, 3.63) is 0 Å². The van der Waals surface area contributed by atoms with E-state index in [1.165, 1.54) is 0 Å². The summed E-state index contributed by atoms with van der Waals surface area (Å²) in [5.41, 5.74) is 0. The van der Waals surface area contributed by atoms with Crippen LogP contribution in [0.15, 0.2) is 0 Å². The molecule has 1 atom stereocenters. The van der Waals surface area contributed by atoms with Crippen LogP contribution in [0.25, 0.3) is 0 Å². The second-order valence-electron chi connectivity index (χ2n) is 1.94. The number of aliphatic carboxylic acids is 2. The minimum absolute atomic E-state index is 0. The second-order valence-corrected chi connectivity index (χ2v) is 3.54. The van der Waals surface area contributed by atoms with Crippen molar-refractivity contribution in [2.24, 2.45) is 0 Å². The third-order valence-corrected chi connectivity index (χ3v) is 2.08. The number of rotatable bonds is 4.